The molecule has 0 N–H and O–H groups in total. The van der Waals surface area contributed by atoms with Gasteiger partial charge >= 0.3 is 0 Å². The molecule has 8 aromatic carbocycles. The average molecular weight is 666 g/mol. The molecule has 2 aliphatic rings. The first-order valence-electron chi connectivity index (χ1n) is 17.8. The minimum absolute atomic E-state index is 0.475. The fourth-order valence-electron chi connectivity index (χ4n) is 8.74. The van der Waals surface area contributed by atoms with Crippen molar-refractivity contribution >= 4 is 39.0 Å². The van der Waals surface area contributed by atoms with Crippen LogP contribution in [0.3, 0.4) is 0 Å². The van der Waals surface area contributed by atoms with E-state index in [0.717, 1.165) is 56.1 Å². The van der Waals surface area contributed by atoms with Gasteiger partial charge in [0.2, 0.25) is 0 Å². The number of para-hydroxylation sites is 4. The number of anilines is 3. The number of ether oxygens (including phenoxy) is 1. The van der Waals surface area contributed by atoms with Gasteiger partial charge in [0, 0.05) is 45.0 Å². The van der Waals surface area contributed by atoms with Crippen LogP contribution in [0.2, 0.25) is 0 Å². The normalized spacial score (nSPS) is 13.3. The van der Waals surface area contributed by atoms with Crippen molar-refractivity contribution in [1.82, 2.24) is 0 Å². The number of hydrogen-bond acceptors (Lipinski definition) is 3. The Morgan fingerprint density at radius 1 is 0.365 bits per heavy atom. The van der Waals surface area contributed by atoms with Gasteiger partial charge < -0.3 is 14.1 Å². The predicted octanol–water partition coefficient (Wildman–Crippen LogP) is 13.2. The fourth-order valence-corrected chi connectivity index (χ4v) is 8.74. The number of nitrogens with zero attached hydrogens (tertiary/aromatic N) is 1. The van der Waals surface area contributed by atoms with Gasteiger partial charge in [-0.25, -0.2) is 0 Å². The van der Waals surface area contributed by atoms with Crippen LogP contribution in [-0.4, -0.2) is 0 Å². The van der Waals surface area contributed by atoms with Crippen molar-refractivity contribution in [1.29, 1.82) is 0 Å². The summed E-state index contributed by atoms with van der Waals surface area (Å²) in [6.45, 7) is 0. The Morgan fingerprint density at radius 2 is 0.981 bits per heavy atom. The van der Waals surface area contributed by atoms with Crippen LogP contribution < -0.4 is 9.64 Å². The smallest absolute Gasteiger partial charge is 0.137 e. The van der Waals surface area contributed by atoms with Crippen molar-refractivity contribution in [2.24, 2.45) is 0 Å². The van der Waals surface area contributed by atoms with Crippen LogP contribution in [-0.2, 0) is 5.41 Å². The van der Waals surface area contributed by atoms with Gasteiger partial charge in [-0.1, -0.05) is 121 Å². The molecule has 0 bridgehead atoms. The first kappa shape index (κ1) is 28.9. The summed E-state index contributed by atoms with van der Waals surface area (Å²) in [4.78, 5) is 2.31. The number of furan rings is 1. The topological polar surface area (TPSA) is 25.6 Å². The summed E-state index contributed by atoms with van der Waals surface area (Å²) in [6.07, 6.45) is 0. The molecule has 1 aliphatic heterocycles. The van der Waals surface area contributed by atoms with Gasteiger partial charge in [-0.2, -0.15) is 0 Å². The molecule has 0 unspecified atom stereocenters. The van der Waals surface area contributed by atoms with E-state index in [2.05, 4.69) is 181 Å². The van der Waals surface area contributed by atoms with Crippen LogP contribution in [0.1, 0.15) is 22.3 Å². The quantitative estimate of drug-likeness (QED) is 0.187. The van der Waals surface area contributed by atoms with Crippen molar-refractivity contribution < 1.29 is 9.15 Å². The molecule has 3 nitrogen and oxygen atoms in total. The molecule has 1 aliphatic carbocycles. The minimum atomic E-state index is -0.475. The summed E-state index contributed by atoms with van der Waals surface area (Å²) in [5.41, 5.74) is 14.2. The number of benzene rings is 8. The Balaban J connectivity index is 1.08. The Labute approximate surface area is 301 Å². The van der Waals surface area contributed by atoms with Crippen molar-refractivity contribution in [3.05, 3.63) is 210 Å². The van der Waals surface area contributed by atoms with E-state index in [0.29, 0.717) is 0 Å². The Morgan fingerprint density at radius 3 is 1.81 bits per heavy atom. The lowest BCUT2D eigenvalue weighted by atomic mass is 9.66. The summed E-state index contributed by atoms with van der Waals surface area (Å²) in [5, 5.41) is 2.25. The zero-order chi connectivity index (χ0) is 34.2. The maximum Gasteiger partial charge on any atom is 0.137 e. The lowest BCUT2D eigenvalue weighted by Crippen LogP contribution is -2.32. The highest BCUT2D eigenvalue weighted by molar-refractivity contribution is 6.06. The highest BCUT2D eigenvalue weighted by Crippen LogP contribution is 2.62. The van der Waals surface area contributed by atoms with Crippen LogP contribution >= 0.6 is 0 Å². The Hall–Kier alpha value is -6.84. The summed E-state index contributed by atoms with van der Waals surface area (Å²) in [6, 6.07) is 67.1. The van der Waals surface area contributed by atoms with Gasteiger partial charge in [0.25, 0.3) is 0 Å². The van der Waals surface area contributed by atoms with Gasteiger partial charge in [0.1, 0.15) is 22.7 Å². The third kappa shape index (κ3) is 4.08. The molecule has 1 aromatic heterocycles. The molecule has 244 valence electrons. The molecule has 0 saturated heterocycles. The van der Waals surface area contributed by atoms with E-state index in [-0.39, 0.29) is 0 Å². The molecule has 0 fully saturated rings. The van der Waals surface area contributed by atoms with Crippen LogP contribution in [0.15, 0.2) is 192 Å². The lowest BCUT2D eigenvalue weighted by Gasteiger charge is -2.39. The first-order valence-corrected chi connectivity index (χ1v) is 17.8. The maximum atomic E-state index is 6.52. The molecule has 52 heavy (non-hydrogen) atoms. The molecule has 9 aromatic rings. The second kappa shape index (κ2) is 11.1. The second-order valence-electron chi connectivity index (χ2n) is 13.7. The van der Waals surface area contributed by atoms with E-state index in [4.69, 9.17) is 9.15 Å². The van der Waals surface area contributed by atoms with Gasteiger partial charge in [0.05, 0.1) is 5.41 Å². The molecule has 0 atom stereocenters. The number of fused-ring (bicyclic) bond motifs is 12. The Bertz CT molecular complexity index is 2800. The van der Waals surface area contributed by atoms with E-state index < -0.39 is 5.41 Å². The lowest BCUT2D eigenvalue weighted by molar-refractivity contribution is 0.436. The highest BCUT2D eigenvalue weighted by atomic mass is 16.5. The third-order valence-electron chi connectivity index (χ3n) is 10.9. The molecule has 2 heterocycles. The number of rotatable bonds is 4. The monoisotopic (exact) mass is 665 g/mol. The van der Waals surface area contributed by atoms with Crippen molar-refractivity contribution in [2.75, 3.05) is 4.90 Å². The zero-order valence-corrected chi connectivity index (χ0v) is 28.2. The predicted molar refractivity (Wildman–Crippen MR) is 211 cm³/mol. The van der Waals surface area contributed by atoms with E-state index >= 15 is 0 Å². The zero-order valence-electron chi connectivity index (χ0n) is 28.2. The molecular formula is C49H31NO2. The van der Waals surface area contributed by atoms with E-state index in [9.17, 15) is 0 Å². The highest BCUT2D eigenvalue weighted by Gasteiger charge is 2.50. The van der Waals surface area contributed by atoms with Gasteiger partial charge in [-0.05, 0) is 94.0 Å². The van der Waals surface area contributed by atoms with Crippen molar-refractivity contribution in [2.45, 2.75) is 5.41 Å². The van der Waals surface area contributed by atoms with E-state index in [1.54, 1.807) is 0 Å². The summed E-state index contributed by atoms with van der Waals surface area (Å²) in [5.74, 6) is 1.81. The number of hydrogen-bond donors (Lipinski definition) is 0. The fraction of sp³-hybridized carbons (Fsp3) is 0.0204. The third-order valence-corrected chi connectivity index (χ3v) is 10.9. The maximum absolute atomic E-state index is 6.52. The molecule has 1 spiro atoms. The average Bonchev–Trinajstić information content (AvgIpc) is 3.72. The minimum Gasteiger partial charge on any atom is -0.457 e. The molecule has 0 saturated carbocycles. The van der Waals surface area contributed by atoms with Crippen molar-refractivity contribution in [3.63, 3.8) is 0 Å². The second-order valence-corrected chi connectivity index (χ2v) is 13.7. The van der Waals surface area contributed by atoms with Crippen molar-refractivity contribution in [3.8, 4) is 33.8 Å². The van der Waals surface area contributed by atoms with Crippen LogP contribution in [0.5, 0.6) is 11.5 Å². The standard InChI is InChI=1S/C49H31NO2/c1-2-14-34(15-3-1)50(36-26-27-39-38-18-5-9-22-45(38)51-48(39)31-36)35-16-12-13-32(29-35)33-25-28-42-40(30-33)37-17-4-6-19-41(37)49(42)43-20-7-10-23-46(43)52-47-24-11-8-21-44(47)49/h1-31H. The molecular weight excluding hydrogens is 635 g/mol. The first-order chi connectivity index (χ1) is 25.8. The van der Waals surface area contributed by atoms with Crippen LogP contribution in [0, 0.1) is 0 Å². The van der Waals surface area contributed by atoms with E-state index in [1.165, 1.54) is 38.9 Å². The molecule has 0 radical (unpaired) electrons. The van der Waals surface area contributed by atoms with E-state index in [1.807, 2.05) is 12.1 Å². The Kier molecular flexibility index (Phi) is 6.17. The molecule has 3 heteroatoms. The molecule has 11 rings (SSSR count). The summed E-state index contributed by atoms with van der Waals surface area (Å²) in [7, 11) is 0. The summed E-state index contributed by atoms with van der Waals surface area (Å²) >= 11 is 0. The van der Waals surface area contributed by atoms with Crippen LogP contribution in [0.25, 0.3) is 44.2 Å². The van der Waals surface area contributed by atoms with Gasteiger partial charge in [-0.15, -0.1) is 0 Å². The van der Waals surface area contributed by atoms with Gasteiger partial charge in [0.15, 0.2) is 0 Å². The van der Waals surface area contributed by atoms with Crippen LogP contribution in [0.4, 0.5) is 17.1 Å². The molecule has 0 amide bonds. The van der Waals surface area contributed by atoms with Gasteiger partial charge in [-0.3, -0.25) is 0 Å². The summed E-state index contributed by atoms with van der Waals surface area (Å²) < 4.78 is 12.9. The SMILES string of the molecule is c1ccc(N(c2cccc(-c3ccc4c(c3)-c3ccccc3C43c4ccccc4Oc4ccccc43)c2)c2ccc3c(c2)oc2ccccc23)cc1. The largest absolute Gasteiger partial charge is 0.457 e.